The minimum absolute atomic E-state index is 0.281. The molecule has 0 atom stereocenters. The van der Waals surface area contributed by atoms with Gasteiger partial charge in [-0.1, -0.05) is 18.2 Å². The molecular formula is C19H26N4OS. The predicted molar refractivity (Wildman–Crippen MR) is 103 cm³/mol. The molecule has 1 aromatic heterocycles. The highest BCUT2D eigenvalue weighted by Gasteiger charge is 2.22. The van der Waals surface area contributed by atoms with Crippen molar-refractivity contribution in [2.45, 2.75) is 39.3 Å². The first-order valence-electron chi connectivity index (χ1n) is 8.91. The summed E-state index contributed by atoms with van der Waals surface area (Å²) in [6, 6.07) is 10.1. The molecule has 2 aromatic rings. The van der Waals surface area contributed by atoms with Gasteiger partial charge >= 0.3 is 0 Å². The smallest absolute Gasteiger partial charge is 0.194 e. The van der Waals surface area contributed by atoms with Gasteiger partial charge in [0.25, 0.3) is 0 Å². The summed E-state index contributed by atoms with van der Waals surface area (Å²) >= 11 is 1.71. The number of para-hydroxylation sites is 1. The van der Waals surface area contributed by atoms with Crippen molar-refractivity contribution in [1.82, 2.24) is 15.2 Å². The molecule has 134 valence electrons. The molecule has 0 saturated carbocycles. The molecule has 6 heteroatoms. The second-order valence-corrected chi connectivity index (χ2v) is 7.47. The van der Waals surface area contributed by atoms with Crippen LogP contribution < -0.4 is 10.1 Å². The zero-order chi connectivity index (χ0) is 17.5. The number of benzene rings is 1. The maximum Gasteiger partial charge on any atom is 0.194 e. The summed E-state index contributed by atoms with van der Waals surface area (Å²) < 4.78 is 6.08. The fourth-order valence-corrected chi connectivity index (χ4v) is 3.63. The van der Waals surface area contributed by atoms with Gasteiger partial charge in [0.2, 0.25) is 0 Å². The monoisotopic (exact) mass is 358 g/mol. The lowest BCUT2D eigenvalue weighted by Crippen LogP contribution is -2.47. The molecule has 3 rings (SSSR count). The molecule has 0 unspecified atom stereocenters. The number of hydrogen-bond donors (Lipinski definition) is 1. The highest BCUT2D eigenvalue weighted by molar-refractivity contribution is 7.11. The number of rotatable bonds is 5. The van der Waals surface area contributed by atoms with Crippen LogP contribution in [0.1, 0.15) is 29.7 Å². The van der Waals surface area contributed by atoms with Gasteiger partial charge in [0.05, 0.1) is 6.54 Å². The summed E-state index contributed by atoms with van der Waals surface area (Å²) in [7, 11) is 0. The van der Waals surface area contributed by atoms with Crippen molar-refractivity contribution >= 4 is 17.3 Å². The number of thiazole rings is 1. The molecule has 1 aliphatic heterocycles. The molecule has 0 bridgehead atoms. The Labute approximate surface area is 153 Å². The number of nitrogens with one attached hydrogen (secondary N) is 1. The van der Waals surface area contributed by atoms with Gasteiger partial charge < -0.3 is 15.0 Å². The number of likely N-dealkylation sites (tertiary alicyclic amines) is 1. The molecule has 2 heterocycles. The fraction of sp³-hybridized carbons (Fsp3) is 0.474. The number of guanidine groups is 1. The van der Waals surface area contributed by atoms with E-state index in [2.05, 4.69) is 29.0 Å². The molecule has 1 aromatic carbocycles. The van der Waals surface area contributed by atoms with Crippen molar-refractivity contribution < 1.29 is 4.74 Å². The third-order valence-corrected chi connectivity index (χ3v) is 5.05. The molecule has 0 radical (unpaired) electrons. The van der Waals surface area contributed by atoms with Gasteiger partial charge in [-0.15, -0.1) is 11.3 Å². The van der Waals surface area contributed by atoms with E-state index >= 15 is 0 Å². The molecular weight excluding hydrogens is 332 g/mol. The summed E-state index contributed by atoms with van der Waals surface area (Å²) in [5, 5.41) is 4.47. The minimum atomic E-state index is 0.281. The highest BCUT2D eigenvalue weighted by atomic mass is 32.1. The van der Waals surface area contributed by atoms with Crippen LogP contribution in [0.4, 0.5) is 0 Å². The van der Waals surface area contributed by atoms with Crippen LogP contribution in [0, 0.1) is 6.92 Å². The average Bonchev–Trinajstić information content (AvgIpc) is 3.06. The highest BCUT2D eigenvalue weighted by Crippen LogP contribution is 2.19. The first kappa shape index (κ1) is 17.7. The second kappa shape index (κ2) is 8.85. The first-order chi connectivity index (χ1) is 12.2. The zero-order valence-corrected chi connectivity index (χ0v) is 15.8. The van der Waals surface area contributed by atoms with Crippen LogP contribution in [0.3, 0.4) is 0 Å². The van der Waals surface area contributed by atoms with Gasteiger partial charge in [-0.25, -0.2) is 9.98 Å². The molecule has 1 saturated heterocycles. The van der Waals surface area contributed by atoms with E-state index in [1.807, 2.05) is 36.5 Å². The lowest BCUT2D eigenvalue weighted by molar-refractivity contribution is 0.129. The van der Waals surface area contributed by atoms with Gasteiger partial charge in [0.1, 0.15) is 16.9 Å². The number of ether oxygens (including phenoxy) is 1. The average molecular weight is 359 g/mol. The van der Waals surface area contributed by atoms with Crippen LogP contribution >= 0.6 is 11.3 Å². The summed E-state index contributed by atoms with van der Waals surface area (Å²) in [6.45, 7) is 7.61. The summed E-state index contributed by atoms with van der Waals surface area (Å²) in [4.78, 5) is 12.7. The van der Waals surface area contributed by atoms with Crippen LogP contribution in [0.5, 0.6) is 5.75 Å². The van der Waals surface area contributed by atoms with Crippen molar-refractivity contribution in [2.75, 3.05) is 19.6 Å². The van der Waals surface area contributed by atoms with E-state index in [9.17, 15) is 0 Å². The Hall–Kier alpha value is -2.08. The molecule has 5 nitrogen and oxygen atoms in total. The molecule has 1 N–H and O–H groups in total. The van der Waals surface area contributed by atoms with E-state index in [4.69, 9.17) is 9.73 Å². The van der Waals surface area contributed by atoms with E-state index in [-0.39, 0.29) is 6.10 Å². The summed E-state index contributed by atoms with van der Waals surface area (Å²) in [5.74, 6) is 1.94. The molecule has 1 fully saturated rings. The normalized spacial score (nSPS) is 16.1. The molecule has 0 aliphatic carbocycles. The van der Waals surface area contributed by atoms with Gasteiger partial charge in [-0.3, -0.25) is 0 Å². The lowest BCUT2D eigenvalue weighted by atomic mass is 10.1. The first-order valence-corrected chi connectivity index (χ1v) is 9.72. The number of nitrogens with zero attached hydrogens (tertiary/aromatic N) is 3. The fourth-order valence-electron chi connectivity index (χ4n) is 2.92. The maximum atomic E-state index is 6.08. The van der Waals surface area contributed by atoms with E-state index in [1.165, 1.54) is 4.88 Å². The Bertz CT molecular complexity index is 678. The van der Waals surface area contributed by atoms with Gasteiger partial charge in [-0.05, 0) is 26.0 Å². The molecule has 0 spiro atoms. The van der Waals surface area contributed by atoms with Crippen molar-refractivity contribution in [1.29, 1.82) is 0 Å². The van der Waals surface area contributed by atoms with Crippen molar-refractivity contribution in [3.05, 3.63) is 46.4 Å². The Morgan fingerprint density at radius 2 is 2.08 bits per heavy atom. The SMILES string of the molecule is CCNC(=NCc1ncc(C)s1)N1CCC(Oc2ccccc2)CC1. The van der Waals surface area contributed by atoms with E-state index in [0.29, 0.717) is 6.54 Å². The molecule has 25 heavy (non-hydrogen) atoms. The maximum absolute atomic E-state index is 6.08. The van der Waals surface area contributed by atoms with E-state index in [0.717, 1.165) is 49.2 Å². The molecule has 1 aliphatic rings. The Balaban J connectivity index is 1.54. The predicted octanol–water partition coefficient (Wildman–Crippen LogP) is 3.46. The Morgan fingerprint density at radius 3 is 2.72 bits per heavy atom. The minimum Gasteiger partial charge on any atom is -0.490 e. The number of aliphatic imine (C=N–C) groups is 1. The van der Waals surface area contributed by atoms with Gasteiger partial charge in [0.15, 0.2) is 5.96 Å². The number of aromatic nitrogens is 1. The van der Waals surface area contributed by atoms with E-state index < -0.39 is 0 Å². The van der Waals surface area contributed by atoms with Gasteiger partial charge in [-0.2, -0.15) is 0 Å². The standard InChI is InChI=1S/C19H26N4OS/c1-3-20-19(22-14-18-21-13-15(2)25-18)23-11-9-17(10-12-23)24-16-7-5-4-6-8-16/h4-8,13,17H,3,9-12,14H2,1-2H3,(H,20,22). The largest absolute Gasteiger partial charge is 0.490 e. The van der Waals surface area contributed by atoms with Gasteiger partial charge in [0, 0.05) is 43.5 Å². The molecule has 0 amide bonds. The quantitative estimate of drug-likeness (QED) is 0.657. The topological polar surface area (TPSA) is 49.8 Å². The summed E-state index contributed by atoms with van der Waals surface area (Å²) in [5.41, 5.74) is 0. The Kier molecular flexibility index (Phi) is 6.28. The lowest BCUT2D eigenvalue weighted by Gasteiger charge is -2.34. The van der Waals surface area contributed by atoms with Crippen LogP contribution in [0.15, 0.2) is 41.5 Å². The third kappa shape index (κ3) is 5.19. The second-order valence-electron chi connectivity index (χ2n) is 6.15. The van der Waals surface area contributed by atoms with Crippen molar-refractivity contribution in [3.8, 4) is 5.75 Å². The third-order valence-electron chi connectivity index (χ3n) is 4.16. The number of aryl methyl sites for hydroxylation is 1. The summed E-state index contributed by atoms with van der Waals surface area (Å²) in [6.07, 6.45) is 4.21. The Morgan fingerprint density at radius 1 is 1.32 bits per heavy atom. The van der Waals surface area contributed by atoms with Crippen LogP contribution in [0.25, 0.3) is 0 Å². The zero-order valence-electron chi connectivity index (χ0n) is 14.9. The van der Waals surface area contributed by atoms with Crippen LogP contribution in [-0.2, 0) is 6.54 Å². The van der Waals surface area contributed by atoms with Crippen molar-refractivity contribution in [2.24, 2.45) is 4.99 Å². The number of piperidine rings is 1. The van der Waals surface area contributed by atoms with Crippen LogP contribution in [-0.4, -0.2) is 41.6 Å². The number of hydrogen-bond acceptors (Lipinski definition) is 4. The van der Waals surface area contributed by atoms with Crippen molar-refractivity contribution in [3.63, 3.8) is 0 Å². The van der Waals surface area contributed by atoms with E-state index in [1.54, 1.807) is 11.3 Å². The van der Waals surface area contributed by atoms with Crippen LogP contribution in [0.2, 0.25) is 0 Å².